The monoisotopic (exact) mass is 349 g/mol. The highest BCUT2D eigenvalue weighted by Gasteiger charge is 2.36. The van der Waals surface area contributed by atoms with Crippen molar-refractivity contribution in [2.45, 2.75) is 12.3 Å². The Morgan fingerprint density at radius 3 is 2.77 bits per heavy atom. The molecule has 26 heavy (non-hydrogen) atoms. The van der Waals surface area contributed by atoms with Crippen molar-refractivity contribution in [1.29, 1.82) is 0 Å². The van der Waals surface area contributed by atoms with Gasteiger partial charge in [0.2, 0.25) is 5.89 Å². The van der Waals surface area contributed by atoms with Gasteiger partial charge in [-0.3, -0.25) is 4.79 Å². The number of carbonyl (C=O) groups is 1. The fraction of sp³-hybridized carbons (Fsp3) is 0.250. The molecule has 4 rings (SSSR count). The molecule has 0 saturated carbocycles. The van der Waals surface area contributed by atoms with Gasteiger partial charge in [-0.15, -0.1) is 0 Å². The number of carbonyl (C=O) groups excluding carboxylic acids is 1. The number of rotatable bonds is 5. The molecule has 1 aliphatic rings. The van der Waals surface area contributed by atoms with Crippen LogP contribution in [0.4, 0.5) is 0 Å². The number of methoxy groups -OCH3 is 1. The smallest absolute Gasteiger partial charge is 0.254 e. The molecule has 2 aromatic carbocycles. The van der Waals surface area contributed by atoms with Gasteiger partial charge in [0.15, 0.2) is 5.82 Å². The summed E-state index contributed by atoms with van der Waals surface area (Å²) in [5.41, 5.74) is 1.77. The number of ether oxygens (including phenoxy) is 1. The topological polar surface area (TPSA) is 68.5 Å². The molecule has 3 aromatic rings. The van der Waals surface area contributed by atoms with E-state index in [4.69, 9.17) is 9.26 Å². The Labute approximate surface area is 151 Å². The lowest BCUT2D eigenvalue weighted by atomic mass is 9.98. The van der Waals surface area contributed by atoms with E-state index in [1.165, 1.54) is 0 Å². The molecule has 1 amide bonds. The van der Waals surface area contributed by atoms with E-state index < -0.39 is 0 Å². The summed E-state index contributed by atoms with van der Waals surface area (Å²) in [5, 5.41) is 4.06. The predicted molar refractivity (Wildman–Crippen MR) is 95.2 cm³/mol. The molecule has 1 aromatic heterocycles. The van der Waals surface area contributed by atoms with Gasteiger partial charge in [-0.2, -0.15) is 4.98 Å². The van der Waals surface area contributed by atoms with E-state index >= 15 is 0 Å². The van der Waals surface area contributed by atoms with Crippen molar-refractivity contribution >= 4 is 5.91 Å². The summed E-state index contributed by atoms with van der Waals surface area (Å²) >= 11 is 0. The summed E-state index contributed by atoms with van der Waals surface area (Å²) in [6.45, 7) is 1.17. The van der Waals surface area contributed by atoms with Crippen LogP contribution >= 0.6 is 0 Å². The predicted octanol–water partition coefficient (Wildman–Crippen LogP) is 2.91. The Morgan fingerprint density at radius 2 is 2.00 bits per heavy atom. The second kappa shape index (κ2) is 7.00. The van der Waals surface area contributed by atoms with Crippen LogP contribution in [0.1, 0.15) is 33.6 Å². The standard InChI is InChI=1S/C20H19N3O3/c1-25-17-9-5-8-15(11-17)20(24)23-12-16(13-23)19-21-18(22-26-19)10-14-6-3-2-4-7-14/h2-9,11,16H,10,12-13H2,1H3. The number of amides is 1. The van der Waals surface area contributed by atoms with Crippen molar-refractivity contribution in [2.24, 2.45) is 0 Å². The first-order chi connectivity index (χ1) is 12.7. The van der Waals surface area contributed by atoms with Gasteiger partial charge in [0.05, 0.1) is 13.0 Å². The Hall–Kier alpha value is -3.15. The maximum absolute atomic E-state index is 12.5. The van der Waals surface area contributed by atoms with E-state index in [9.17, 15) is 4.79 Å². The third kappa shape index (κ3) is 3.31. The third-order valence-corrected chi connectivity index (χ3v) is 4.52. The summed E-state index contributed by atoms with van der Waals surface area (Å²) in [5.74, 6) is 2.04. The van der Waals surface area contributed by atoms with E-state index in [1.54, 1.807) is 24.1 Å². The first-order valence-electron chi connectivity index (χ1n) is 8.52. The van der Waals surface area contributed by atoms with Gasteiger partial charge in [0.1, 0.15) is 5.75 Å². The Morgan fingerprint density at radius 1 is 1.19 bits per heavy atom. The Balaban J connectivity index is 1.36. The first-order valence-corrected chi connectivity index (χ1v) is 8.52. The van der Waals surface area contributed by atoms with E-state index in [2.05, 4.69) is 10.1 Å². The number of nitrogens with zero attached hydrogens (tertiary/aromatic N) is 3. The second-order valence-electron chi connectivity index (χ2n) is 6.35. The number of aromatic nitrogens is 2. The van der Waals surface area contributed by atoms with Crippen LogP contribution in [0.5, 0.6) is 5.75 Å². The van der Waals surface area contributed by atoms with Crippen molar-refractivity contribution in [3.8, 4) is 5.75 Å². The molecule has 1 fully saturated rings. The highest BCUT2D eigenvalue weighted by atomic mass is 16.5. The SMILES string of the molecule is COc1cccc(C(=O)N2CC(c3nc(Cc4ccccc4)no3)C2)c1. The molecule has 0 bridgehead atoms. The zero-order valence-corrected chi connectivity index (χ0v) is 14.5. The average Bonchev–Trinajstić information content (AvgIpc) is 3.09. The minimum Gasteiger partial charge on any atom is -0.497 e. The molecule has 2 heterocycles. The maximum Gasteiger partial charge on any atom is 0.254 e. The summed E-state index contributed by atoms with van der Waals surface area (Å²) < 4.78 is 10.6. The normalized spacial score (nSPS) is 14.1. The summed E-state index contributed by atoms with van der Waals surface area (Å²) in [7, 11) is 1.59. The van der Waals surface area contributed by atoms with Crippen LogP contribution in [0, 0.1) is 0 Å². The first kappa shape index (κ1) is 16.3. The molecule has 0 radical (unpaired) electrons. The van der Waals surface area contributed by atoms with Gasteiger partial charge in [-0.25, -0.2) is 0 Å². The number of hydrogen-bond donors (Lipinski definition) is 0. The van der Waals surface area contributed by atoms with E-state index in [-0.39, 0.29) is 11.8 Å². The van der Waals surface area contributed by atoms with Gasteiger partial charge in [0, 0.05) is 25.1 Å². The van der Waals surface area contributed by atoms with Gasteiger partial charge in [0.25, 0.3) is 5.91 Å². The van der Waals surface area contributed by atoms with Crippen LogP contribution in [0.15, 0.2) is 59.1 Å². The van der Waals surface area contributed by atoms with Gasteiger partial charge in [-0.05, 0) is 23.8 Å². The molecule has 0 N–H and O–H groups in total. The fourth-order valence-corrected chi connectivity index (χ4v) is 3.02. The number of likely N-dealkylation sites (tertiary alicyclic amines) is 1. The lowest BCUT2D eigenvalue weighted by Crippen LogP contribution is -2.48. The quantitative estimate of drug-likeness (QED) is 0.708. The third-order valence-electron chi connectivity index (χ3n) is 4.52. The van der Waals surface area contributed by atoms with E-state index in [0.29, 0.717) is 42.5 Å². The Bertz CT molecular complexity index is 901. The van der Waals surface area contributed by atoms with Crippen LogP contribution in [0.3, 0.4) is 0 Å². The van der Waals surface area contributed by atoms with E-state index in [0.717, 1.165) is 5.56 Å². The van der Waals surface area contributed by atoms with Gasteiger partial charge < -0.3 is 14.2 Å². The van der Waals surface area contributed by atoms with Gasteiger partial charge in [-0.1, -0.05) is 41.6 Å². The van der Waals surface area contributed by atoms with E-state index in [1.807, 2.05) is 42.5 Å². The summed E-state index contributed by atoms with van der Waals surface area (Å²) in [6, 6.07) is 17.2. The molecule has 0 atom stereocenters. The molecule has 0 aliphatic carbocycles. The molecule has 0 unspecified atom stereocenters. The average molecular weight is 349 g/mol. The molecule has 1 aliphatic heterocycles. The van der Waals surface area contributed by atoms with Crippen LogP contribution in [-0.4, -0.2) is 41.1 Å². The second-order valence-corrected chi connectivity index (χ2v) is 6.35. The molecule has 132 valence electrons. The van der Waals surface area contributed by atoms with Crippen molar-refractivity contribution in [3.63, 3.8) is 0 Å². The van der Waals surface area contributed by atoms with Crippen LogP contribution in [0.2, 0.25) is 0 Å². The van der Waals surface area contributed by atoms with Gasteiger partial charge >= 0.3 is 0 Å². The highest BCUT2D eigenvalue weighted by molar-refractivity contribution is 5.95. The molecular weight excluding hydrogens is 330 g/mol. The van der Waals surface area contributed by atoms with Crippen LogP contribution in [0.25, 0.3) is 0 Å². The summed E-state index contributed by atoms with van der Waals surface area (Å²) in [4.78, 5) is 18.8. The molecular formula is C20H19N3O3. The van der Waals surface area contributed by atoms with Crippen molar-refractivity contribution < 1.29 is 14.1 Å². The molecule has 6 nitrogen and oxygen atoms in total. The molecule has 1 saturated heterocycles. The van der Waals surface area contributed by atoms with Crippen molar-refractivity contribution in [2.75, 3.05) is 20.2 Å². The minimum absolute atomic E-state index is 0.0100. The fourth-order valence-electron chi connectivity index (χ4n) is 3.02. The minimum atomic E-state index is -0.0100. The molecule has 0 spiro atoms. The maximum atomic E-state index is 12.5. The zero-order valence-electron chi connectivity index (χ0n) is 14.5. The number of benzene rings is 2. The van der Waals surface area contributed by atoms with Crippen molar-refractivity contribution in [3.05, 3.63) is 77.4 Å². The number of hydrogen-bond acceptors (Lipinski definition) is 5. The Kier molecular flexibility index (Phi) is 4.39. The van der Waals surface area contributed by atoms with Crippen molar-refractivity contribution in [1.82, 2.24) is 15.0 Å². The summed E-state index contributed by atoms with van der Waals surface area (Å²) in [6.07, 6.45) is 0.642. The van der Waals surface area contributed by atoms with Crippen LogP contribution < -0.4 is 4.74 Å². The lowest BCUT2D eigenvalue weighted by molar-refractivity contribution is 0.0569. The largest absolute Gasteiger partial charge is 0.497 e. The molecule has 6 heteroatoms. The van der Waals surface area contributed by atoms with Crippen LogP contribution in [-0.2, 0) is 6.42 Å². The lowest BCUT2D eigenvalue weighted by Gasteiger charge is -2.37. The highest BCUT2D eigenvalue weighted by Crippen LogP contribution is 2.28. The zero-order chi connectivity index (χ0) is 17.9.